The zero-order chi connectivity index (χ0) is 17.5. The number of carbonyl (C=O) groups excluding carboxylic acids is 1. The Morgan fingerprint density at radius 3 is 2.54 bits per heavy atom. The first-order valence-electron chi connectivity index (χ1n) is 7.68. The van der Waals surface area contributed by atoms with Crippen molar-refractivity contribution in [3.63, 3.8) is 0 Å². The van der Waals surface area contributed by atoms with Crippen molar-refractivity contribution in [2.24, 2.45) is 0 Å². The number of methoxy groups -OCH3 is 1. The Morgan fingerprint density at radius 2 is 1.92 bits per heavy atom. The largest absolute Gasteiger partial charge is 0.507 e. The number of phenols is 1. The number of hydrogen-bond donors (Lipinski definition) is 1. The van der Waals surface area contributed by atoms with Gasteiger partial charge in [-0.05, 0) is 41.7 Å². The summed E-state index contributed by atoms with van der Waals surface area (Å²) in [6.07, 6.45) is 0.585. The van der Waals surface area contributed by atoms with Gasteiger partial charge in [0.2, 0.25) is 0 Å². The highest BCUT2D eigenvalue weighted by atomic mass is 35.5. The van der Waals surface area contributed by atoms with E-state index in [-0.39, 0.29) is 11.3 Å². The summed E-state index contributed by atoms with van der Waals surface area (Å²) < 4.78 is 10.5. The smallest absolute Gasteiger partial charge is 0.341 e. The van der Waals surface area contributed by atoms with Crippen LogP contribution in [0.25, 0.3) is 0 Å². The van der Waals surface area contributed by atoms with Crippen LogP contribution in [0.1, 0.15) is 32.6 Å². The molecule has 0 amide bonds. The molecular formula is C19H21ClO4. The van der Waals surface area contributed by atoms with E-state index in [4.69, 9.17) is 21.1 Å². The Kier molecular flexibility index (Phi) is 6.64. The fourth-order valence-corrected chi connectivity index (χ4v) is 2.88. The van der Waals surface area contributed by atoms with Gasteiger partial charge in [-0.25, -0.2) is 4.79 Å². The summed E-state index contributed by atoms with van der Waals surface area (Å²) in [7, 11) is 1.29. The van der Waals surface area contributed by atoms with E-state index >= 15 is 0 Å². The highest BCUT2D eigenvalue weighted by Gasteiger charge is 2.20. The molecule has 2 aromatic carbocycles. The zero-order valence-electron chi connectivity index (χ0n) is 13.8. The Labute approximate surface area is 147 Å². The third-order valence-corrected chi connectivity index (χ3v) is 4.07. The fourth-order valence-electron chi connectivity index (χ4n) is 2.69. The minimum Gasteiger partial charge on any atom is -0.507 e. The Hall–Kier alpha value is -2.04. The van der Waals surface area contributed by atoms with Crippen LogP contribution in [-0.4, -0.2) is 24.1 Å². The summed E-state index contributed by atoms with van der Waals surface area (Å²) in [4.78, 5) is 11.9. The van der Waals surface area contributed by atoms with E-state index in [0.29, 0.717) is 31.1 Å². The van der Waals surface area contributed by atoms with Crippen molar-refractivity contribution in [1.29, 1.82) is 0 Å². The molecule has 2 rings (SSSR count). The van der Waals surface area contributed by atoms with Gasteiger partial charge in [-0.2, -0.15) is 0 Å². The lowest BCUT2D eigenvalue weighted by Crippen LogP contribution is -2.10. The van der Waals surface area contributed by atoms with Crippen LogP contribution < -0.4 is 0 Å². The topological polar surface area (TPSA) is 55.8 Å². The second kappa shape index (κ2) is 8.71. The number of alkyl halides is 1. The molecule has 0 saturated carbocycles. The predicted octanol–water partition coefficient (Wildman–Crippen LogP) is 3.99. The summed E-state index contributed by atoms with van der Waals surface area (Å²) in [6, 6.07) is 11.4. The molecule has 0 atom stereocenters. The summed E-state index contributed by atoms with van der Waals surface area (Å²) in [5.74, 6) is -0.244. The van der Waals surface area contributed by atoms with Crippen molar-refractivity contribution in [2.45, 2.75) is 26.6 Å². The van der Waals surface area contributed by atoms with Crippen molar-refractivity contribution in [2.75, 3.05) is 13.0 Å². The molecule has 0 saturated heterocycles. The number of hydrogen-bond acceptors (Lipinski definition) is 4. The molecule has 0 aliphatic carbocycles. The molecule has 128 valence electrons. The van der Waals surface area contributed by atoms with Crippen LogP contribution in [0.5, 0.6) is 5.75 Å². The number of benzene rings is 2. The van der Waals surface area contributed by atoms with E-state index < -0.39 is 5.97 Å². The van der Waals surface area contributed by atoms with E-state index in [1.807, 2.05) is 30.3 Å². The summed E-state index contributed by atoms with van der Waals surface area (Å²) >= 11 is 5.90. The highest BCUT2D eigenvalue weighted by molar-refractivity contribution is 6.18. The van der Waals surface area contributed by atoms with Crippen LogP contribution in [0.2, 0.25) is 0 Å². The first-order chi connectivity index (χ1) is 11.6. The average molecular weight is 349 g/mol. The van der Waals surface area contributed by atoms with Crippen molar-refractivity contribution in [3.05, 3.63) is 64.2 Å². The van der Waals surface area contributed by atoms with Crippen LogP contribution >= 0.6 is 11.6 Å². The lowest BCUT2D eigenvalue weighted by Gasteiger charge is -2.16. The van der Waals surface area contributed by atoms with Crippen LogP contribution in [0.15, 0.2) is 36.4 Å². The number of aromatic hydroxyl groups is 1. The van der Waals surface area contributed by atoms with Gasteiger partial charge in [-0.3, -0.25) is 0 Å². The minimum absolute atomic E-state index is 0.101. The molecule has 0 aliphatic heterocycles. The molecule has 1 N–H and O–H groups in total. The van der Waals surface area contributed by atoms with E-state index in [1.165, 1.54) is 7.11 Å². The molecule has 0 bridgehead atoms. The maximum Gasteiger partial charge on any atom is 0.341 e. The zero-order valence-corrected chi connectivity index (χ0v) is 14.6. The third kappa shape index (κ3) is 4.28. The molecule has 0 radical (unpaired) electrons. The van der Waals surface area contributed by atoms with Crippen molar-refractivity contribution < 1.29 is 19.4 Å². The van der Waals surface area contributed by atoms with Crippen molar-refractivity contribution >= 4 is 17.6 Å². The molecule has 0 unspecified atom stereocenters. The monoisotopic (exact) mass is 348 g/mol. The maximum atomic E-state index is 11.9. The second-order valence-corrected chi connectivity index (χ2v) is 5.82. The number of carbonyl (C=O) groups is 1. The highest BCUT2D eigenvalue weighted by Crippen LogP contribution is 2.29. The van der Waals surface area contributed by atoms with Gasteiger partial charge in [-0.1, -0.05) is 30.3 Å². The summed E-state index contributed by atoms with van der Waals surface area (Å²) in [5, 5.41) is 10.2. The van der Waals surface area contributed by atoms with Crippen LogP contribution in [0, 0.1) is 6.92 Å². The van der Waals surface area contributed by atoms with Gasteiger partial charge in [-0.15, -0.1) is 11.6 Å². The molecule has 4 nitrogen and oxygen atoms in total. The van der Waals surface area contributed by atoms with Gasteiger partial charge in [0.15, 0.2) is 0 Å². The number of esters is 1. The quantitative estimate of drug-likeness (QED) is 0.607. The van der Waals surface area contributed by atoms with Crippen molar-refractivity contribution in [1.82, 2.24) is 0 Å². The molecular weight excluding hydrogens is 328 g/mol. The maximum absolute atomic E-state index is 11.9. The molecule has 0 heterocycles. The molecule has 2 aromatic rings. The van der Waals surface area contributed by atoms with Gasteiger partial charge >= 0.3 is 5.97 Å². The number of phenolic OH excluding ortho intramolecular Hbond substituents is 1. The molecule has 0 aliphatic rings. The fraction of sp³-hybridized carbons (Fsp3) is 0.316. The Bertz CT molecular complexity index is 698. The normalized spacial score (nSPS) is 10.6. The van der Waals surface area contributed by atoms with Gasteiger partial charge in [0.25, 0.3) is 0 Å². The van der Waals surface area contributed by atoms with E-state index in [9.17, 15) is 9.90 Å². The van der Waals surface area contributed by atoms with E-state index in [1.54, 1.807) is 13.0 Å². The summed E-state index contributed by atoms with van der Waals surface area (Å²) in [6.45, 7) is 2.59. The van der Waals surface area contributed by atoms with E-state index in [2.05, 4.69) is 0 Å². The first-order valence-corrected chi connectivity index (χ1v) is 8.22. The van der Waals surface area contributed by atoms with Crippen LogP contribution in [0.4, 0.5) is 0 Å². The summed E-state index contributed by atoms with van der Waals surface area (Å²) in [5.41, 5.74) is 3.68. The number of rotatable bonds is 7. The molecule has 5 heteroatoms. The molecule has 0 fully saturated rings. The Morgan fingerprint density at radius 1 is 1.21 bits per heavy atom. The average Bonchev–Trinajstić information content (AvgIpc) is 2.58. The standard InChI is InChI=1S/C19H21ClO4/c1-13-16(8-9-20)15(10-17(21)18(13)19(22)23-2)12-24-11-14-6-4-3-5-7-14/h3-7,10,21H,8-9,11-12H2,1-2H3. The Balaban J connectivity index is 2.23. The minimum atomic E-state index is -0.558. The van der Waals surface area contributed by atoms with Crippen LogP contribution in [0.3, 0.4) is 0 Å². The van der Waals surface area contributed by atoms with Gasteiger partial charge < -0.3 is 14.6 Å². The lowest BCUT2D eigenvalue weighted by atomic mass is 9.94. The lowest BCUT2D eigenvalue weighted by molar-refractivity contribution is 0.0596. The number of ether oxygens (including phenoxy) is 2. The molecule has 24 heavy (non-hydrogen) atoms. The van der Waals surface area contributed by atoms with E-state index in [0.717, 1.165) is 16.7 Å². The SMILES string of the molecule is COC(=O)c1c(O)cc(COCc2ccccc2)c(CCCl)c1C. The third-order valence-electron chi connectivity index (χ3n) is 3.89. The second-order valence-electron chi connectivity index (χ2n) is 5.44. The van der Waals surface area contributed by atoms with Crippen LogP contribution in [-0.2, 0) is 29.1 Å². The van der Waals surface area contributed by atoms with Gasteiger partial charge in [0.1, 0.15) is 11.3 Å². The number of halogens is 1. The van der Waals surface area contributed by atoms with Gasteiger partial charge in [0.05, 0.1) is 20.3 Å². The van der Waals surface area contributed by atoms with Gasteiger partial charge in [0, 0.05) is 5.88 Å². The molecule has 0 spiro atoms. The van der Waals surface area contributed by atoms with Crippen molar-refractivity contribution in [3.8, 4) is 5.75 Å². The first kappa shape index (κ1) is 18.3. The predicted molar refractivity (Wildman–Crippen MR) is 93.5 cm³/mol. The molecule has 0 aromatic heterocycles.